The molecule has 0 saturated carbocycles. The van der Waals surface area contributed by atoms with Crippen molar-refractivity contribution in [1.29, 1.82) is 0 Å². The van der Waals surface area contributed by atoms with E-state index in [1.807, 2.05) is 6.07 Å². The minimum Gasteiger partial charge on any atom is -0.456 e. The van der Waals surface area contributed by atoms with Crippen LogP contribution in [0.25, 0.3) is 131 Å². The van der Waals surface area contributed by atoms with Crippen molar-refractivity contribution >= 4 is 109 Å². The molecule has 0 radical (unpaired) electrons. The van der Waals surface area contributed by atoms with E-state index >= 15 is 0 Å². The summed E-state index contributed by atoms with van der Waals surface area (Å²) >= 11 is 0. The van der Waals surface area contributed by atoms with E-state index in [0.717, 1.165) is 33.3 Å². The number of para-hydroxylation sites is 3. The smallest absolute Gasteiger partial charge is 0.135 e. The van der Waals surface area contributed by atoms with Crippen LogP contribution >= 0.6 is 0 Å². The third-order valence-electron chi connectivity index (χ3n) is 13.3. The lowest BCUT2D eigenvalue weighted by Gasteiger charge is -2.13. The summed E-state index contributed by atoms with van der Waals surface area (Å²) in [5, 5.41) is 17.4. The Kier molecular flexibility index (Phi) is 6.56. The van der Waals surface area contributed by atoms with E-state index in [-0.39, 0.29) is 0 Å². The maximum atomic E-state index is 6.28. The molecule has 282 valence electrons. The Labute approximate surface area is 349 Å². The topological polar surface area (TPSA) is 23.0 Å². The summed E-state index contributed by atoms with van der Waals surface area (Å²) < 4.78 is 11.2. The van der Waals surface area contributed by atoms with Crippen LogP contribution in [0.1, 0.15) is 0 Å². The zero-order valence-electron chi connectivity index (χ0n) is 32.9. The van der Waals surface area contributed by atoms with Gasteiger partial charge in [-0.15, -0.1) is 0 Å². The van der Waals surface area contributed by atoms with E-state index in [9.17, 15) is 0 Å². The van der Waals surface area contributed by atoms with Gasteiger partial charge in [0.15, 0.2) is 0 Å². The third-order valence-corrected chi connectivity index (χ3v) is 13.3. The van der Waals surface area contributed by atoms with E-state index < -0.39 is 0 Å². The second kappa shape index (κ2) is 12.2. The molecule has 11 aromatic carbocycles. The molecule has 0 saturated heterocycles. The highest BCUT2D eigenvalue weighted by Crippen LogP contribution is 2.45. The van der Waals surface area contributed by atoms with Gasteiger partial charge in [0.05, 0.1) is 22.1 Å². The van der Waals surface area contributed by atoms with E-state index in [1.165, 1.54) is 97.8 Å². The van der Waals surface area contributed by atoms with Crippen molar-refractivity contribution in [2.45, 2.75) is 0 Å². The van der Waals surface area contributed by atoms with Crippen LogP contribution in [0.2, 0.25) is 0 Å². The average Bonchev–Trinajstić information content (AvgIpc) is 3.98. The fourth-order valence-electron chi connectivity index (χ4n) is 10.6. The summed E-state index contributed by atoms with van der Waals surface area (Å²) in [4.78, 5) is 0. The first-order valence-electron chi connectivity index (χ1n) is 21.0. The van der Waals surface area contributed by atoms with Gasteiger partial charge in [-0.05, 0) is 127 Å². The Morgan fingerprint density at radius 1 is 0.262 bits per heavy atom. The first kappa shape index (κ1) is 32.8. The van der Waals surface area contributed by atoms with Crippen LogP contribution in [0.3, 0.4) is 0 Å². The lowest BCUT2D eigenvalue weighted by molar-refractivity contribution is 0.669. The molecule has 0 atom stereocenters. The van der Waals surface area contributed by atoms with Crippen molar-refractivity contribution < 1.29 is 4.42 Å². The number of fused-ring (bicyclic) bond motifs is 17. The van der Waals surface area contributed by atoms with Gasteiger partial charge in [-0.1, -0.05) is 133 Å². The number of nitrogens with zero attached hydrogens (tertiary/aromatic N) is 2. The molecule has 0 aliphatic rings. The molecule has 3 heteroatoms. The second-order valence-electron chi connectivity index (χ2n) is 16.4. The molecule has 0 unspecified atom stereocenters. The SMILES string of the molecule is c1ccc(-n2c3ccc(-c4cc5c(c6ccccc46)c4ccccc4n5-c4ccc5oc6ccccc6c5c4)cc3c3cc4c5ccccc5c5ccccc5c4cc32)cc1. The van der Waals surface area contributed by atoms with Crippen molar-refractivity contribution in [2.24, 2.45) is 0 Å². The van der Waals surface area contributed by atoms with Crippen molar-refractivity contribution in [3.05, 3.63) is 206 Å². The standard InChI is InChI=1S/C58H34N2O/c1-2-14-36(15-3-1)59-53-28-26-35(30-49(53)50-32-47-40-18-6-4-16-38(40)39-17-5-7-19-41(39)48(47)34-54(50)59)46-33-55-58(44-22-9-8-20-42(44)46)45-23-10-12-24-52(45)60(55)37-27-29-57-51(31-37)43-21-11-13-25-56(43)61-57/h1-34H. The second-order valence-corrected chi connectivity index (χ2v) is 16.4. The Bertz CT molecular complexity index is 4160. The first-order valence-corrected chi connectivity index (χ1v) is 21.0. The first-order chi connectivity index (χ1) is 30.3. The molecule has 0 aliphatic heterocycles. The third kappa shape index (κ3) is 4.52. The Hall–Kier alpha value is -8.14. The van der Waals surface area contributed by atoms with Crippen molar-refractivity contribution in [2.75, 3.05) is 0 Å². The summed E-state index contributed by atoms with van der Waals surface area (Å²) in [6.07, 6.45) is 0. The van der Waals surface area contributed by atoms with Gasteiger partial charge in [-0.3, -0.25) is 0 Å². The van der Waals surface area contributed by atoms with Crippen molar-refractivity contribution in [3.8, 4) is 22.5 Å². The minimum absolute atomic E-state index is 0.897. The molecular weight excluding hydrogens is 741 g/mol. The van der Waals surface area contributed by atoms with Crippen LogP contribution in [0.5, 0.6) is 0 Å². The number of hydrogen-bond acceptors (Lipinski definition) is 1. The molecule has 0 aliphatic carbocycles. The quantitative estimate of drug-likeness (QED) is 0.164. The van der Waals surface area contributed by atoms with Gasteiger partial charge >= 0.3 is 0 Å². The number of hydrogen-bond donors (Lipinski definition) is 0. The zero-order valence-corrected chi connectivity index (χ0v) is 32.9. The Morgan fingerprint density at radius 2 is 0.820 bits per heavy atom. The largest absolute Gasteiger partial charge is 0.456 e. The van der Waals surface area contributed by atoms with Crippen molar-refractivity contribution in [3.63, 3.8) is 0 Å². The maximum Gasteiger partial charge on any atom is 0.135 e. The highest BCUT2D eigenvalue weighted by Gasteiger charge is 2.21. The van der Waals surface area contributed by atoms with Gasteiger partial charge < -0.3 is 13.6 Å². The molecule has 3 aromatic heterocycles. The highest BCUT2D eigenvalue weighted by molar-refractivity contribution is 6.29. The molecule has 14 rings (SSSR count). The van der Waals surface area contributed by atoms with Crippen LogP contribution in [-0.2, 0) is 0 Å². The lowest BCUT2D eigenvalue weighted by atomic mass is 9.92. The summed E-state index contributed by atoms with van der Waals surface area (Å²) in [6.45, 7) is 0. The summed E-state index contributed by atoms with van der Waals surface area (Å²) in [5.74, 6) is 0. The number of rotatable bonds is 3. The molecule has 14 aromatic rings. The maximum absolute atomic E-state index is 6.28. The van der Waals surface area contributed by atoms with E-state index in [2.05, 4.69) is 209 Å². The van der Waals surface area contributed by atoms with E-state index in [1.54, 1.807) is 0 Å². The number of furan rings is 1. The minimum atomic E-state index is 0.897. The predicted molar refractivity (Wildman–Crippen MR) is 258 cm³/mol. The molecule has 3 heterocycles. The Morgan fingerprint density at radius 3 is 1.59 bits per heavy atom. The van der Waals surface area contributed by atoms with Crippen LogP contribution in [-0.4, -0.2) is 9.13 Å². The number of aromatic nitrogens is 2. The molecular formula is C58H34N2O. The van der Waals surface area contributed by atoms with Gasteiger partial charge in [0.25, 0.3) is 0 Å². The van der Waals surface area contributed by atoms with Crippen LogP contribution in [0.4, 0.5) is 0 Å². The number of benzene rings is 11. The molecule has 0 spiro atoms. The monoisotopic (exact) mass is 774 g/mol. The summed E-state index contributed by atoms with van der Waals surface area (Å²) in [6, 6.07) is 75.7. The van der Waals surface area contributed by atoms with Crippen LogP contribution in [0, 0.1) is 0 Å². The van der Waals surface area contributed by atoms with E-state index in [4.69, 9.17) is 4.42 Å². The molecule has 0 bridgehead atoms. The van der Waals surface area contributed by atoms with Gasteiger partial charge in [0.1, 0.15) is 11.2 Å². The molecule has 0 amide bonds. The predicted octanol–water partition coefficient (Wildman–Crippen LogP) is 16.1. The molecule has 0 N–H and O–H groups in total. The van der Waals surface area contributed by atoms with Gasteiger partial charge in [0, 0.05) is 43.7 Å². The van der Waals surface area contributed by atoms with Gasteiger partial charge in [-0.2, -0.15) is 0 Å². The van der Waals surface area contributed by atoms with Gasteiger partial charge in [-0.25, -0.2) is 0 Å². The Balaban J connectivity index is 1.09. The van der Waals surface area contributed by atoms with Crippen molar-refractivity contribution in [1.82, 2.24) is 9.13 Å². The summed E-state index contributed by atoms with van der Waals surface area (Å²) in [5.41, 5.74) is 11.2. The fraction of sp³-hybridized carbons (Fsp3) is 0. The zero-order chi connectivity index (χ0) is 39.8. The normalized spacial score (nSPS) is 12.3. The van der Waals surface area contributed by atoms with E-state index in [0.29, 0.717) is 0 Å². The highest BCUT2D eigenvalue weighted by atomic mass is 16.3. The fourth-order valence-corrected chi connectivity index (χ4v) is 10.6. The molecule has 0 fully saturated rings. The summed E-state index contributed by atoms with van der Waals surface area (Å²) in [7, 11) is 0. The van der Waals surface area contributed by atoms with Crippen LogP contribution in [0.15, 0.2) is 211 Å². The molecule has 61 heavy (non-hydrogen) atoms. The van der Waals surface area contributed by atoms with Crippen LogP contribution < -0.4 is 0 Å². The van der Waals surface area contributed by atoms with Gasteiger partial charge in [0.2, 0.25) is 0 Å². The lowest BCUT2D eigenvalue weighted by Crippen LogP contribution is -1.95. The average molecular weight is 775 g/mol. The molecule has 3 nitrogen and oxygen atoms in total.